The van der Waals surface area contributed by atoms with Crippen LogP contribution in [0.3, 0.4) is 0 Å². The normalized spacial score (nSPS) is 11.1. The van der Waals surface area contributed by atoms with Gasteiger partial charge >= 0.3 is 11.8 Å². The molecule has 1 heterocycles. The highest BCUT2D eigenvalue weighted by molar-refractivity contribution is 5.94. The van der Waals surface area contributed by atoms with Gasteiger partial charge in [0.05, 0.1) is 6.54 Å². The van der Waals surface area contributed by atoms with E-state index in [1.807, 2.05) is 0 Å². The fraction of sp³-hybridized carbons (Fsp3) is 0.412. The SMILES string of the molecule is CN(Cc1ccc(C(=O)NCc2noc(=O)[nH]2)cc1)C(=O)OC(C)(C)C. The van der Waals surface area contributed by atoms with Crippen molar-refractivity contribution in [3.05, 3.63) is 51.8 Å². The van der Waals surface area contributed by atoms with E-state index in [0.29, 0.717) is 12.1 Å². The van der Waals surface area contributed by atoms with Crippen LogP contribution in [-0.4, -0.2) is 39.7 Å². The van der Waals surface area contributed by atoms with Gasteiger partial charge in [-0.05, 0) is 38.5 Å². The topological polar surface area (TPSA) is 118 Å². The lowest BCUT2D eigenvalue weighted by Gasteiger charge is -2.24. The predicted molar refractivity (Wildman–Crippen MR) is 92.4 cm³/mol. The van der Waals surface area contributed by atoms with Gasteiger partial charge in [-0.1, -0.05) is 17.3 Å². The molecule has 0 bridgehead atoms. The molecule has 1 aromatic carbocycles. The fourth-order valence-corrected chi connectivity index (χ4v) is 2.04. The van der Waals surface area contributed by atoms with Crippen LogP contribution in [0.2, 0.25) is 0 Å². The molecule has 9 heteroatoms. The number of hydrogen-bond donors (Lipinski definition) is 2. The number of carbonyl (C=O) groups excluding carboxylic acids is 2. The highest BCUT2D eigenvalue weighted by Gasteiger charge is 2.19. The summed E-state index contributed by atoms with van der Waals surface area (Å²) >= 11 is 0. The highest BCUT2D eigenvalue weighted by atomic mass is 16.6. The Kier molecular flexibility index (Phi) is 5.81. The summed E-state index contributed by atoms with van der Waals surface area (Å²) in [4.78, 5) is 38.7. The van der Waals surface area contributed by atoms with Crippen LogP contribution < -0.4 is 11.1 Å². The van der Waals surface area contributed by atoms with Gasteiger partial charge in [0.1, 0.15) is 5.60 Å². The van der Waals surface area contributed by atoms with Crippen LogP contribution in [0.1, 0.15) is 42.5 Å². The second kappa shape index (κ2) is 7.85. The molecule has 0 aliphatic carbocycles. The highest BCUT2D eigenvalue weighted by Crippen LogP contribution is 2.12. The molecular weight excluding hydrogens is 340 g/mol. The van der Waals surface area contributed by atoms with E-state index >= 15 is 0 Å². The Morgan fingerprint density at radius 1 is 1.27 bits per heavy atom. The number of benzene rings is 1. The number of nitrogens with zero attached hydrogens (tertiary/aromatic N) is 2. The summed E-state index contributed by atoms with van der Waals surface area (Å²) in [6, 6.07) is 6.82. The Hall–Kier alpha value is -3.10. The van der Waals surface area contributed by atoms with Crippen molar-refractivity contribution in [2.45, 2.75) is 39.5 Å². The van der Waals surface area contributed by atoms with Crippen molar-refractivity contribution in [1.29, 1.82) is 0 Å². The molecule has 0 unspecified atom stereocenters. The first-order valence-electron chi connectivity index (χ1n) is 8.00. The molecule has 26 heavy (non-hydrogen) atoms. The van der Waals surface area contributed by atoms with E-state index in [0.717, 1.165) is 5.56 Å². The summed E-state index contributed by atoms with van der Waals surface area (Å²) in [7, 11) is 1.65. The molecule has 0 atom stereocenters. The van der Waals surface area contributed by atoms with Crippen LogP contribution in [0.5, 0.6) is 0 Å². The van der Waals surface area contributed by atoms with E-state index in [4.69, 9.17) is 4.74 Å². The van der Waals surface area contributed by atoms with Crippen LogP contribution >= 0.6 is 0 Å². The maximum atomic E-state index is 12.1. The third kappa shape index (κ3) is 5.76. The molecule has 1 aromatic heterocycles. The van der Waals surface area contributed by atoms with Gasteiger partial charge in [-0.3, -0.25) is 14.3 Å². The first-order valence-corrected chi connectivity index (χ1v) is 8.00. The largest absolute Gasteiger partial charge is 0.444 e. The number of H-pyrrole nitrogens is 1. The maximum absolute atomic E-state index is 12.1. The van der Waals surface area contributed by atoms with Crippen LogP contribution in [0.25, 0.3) is 0 Å². The van der Waals surface area contributed by atoms with Gasteiger partial charge in [-0.15, -0.1) is 0 Å². The molecule has 9 nitrogen and oxygen atoms in total. The Morgan fingerprint density at radius 3 is 2.46 bits per heavy atom. The molecule has 0 spiro atoms. The molecule has 0 saturated carbocycles. The first kappa shape index (κ1) is 19.2. The van der Waals surface area contributed by atoms with Gasteiger partial charge < -0.3 is 15.0 Å². The minimum absolute atomic E-state index is 0.0493. The zero-order valence-corrected chi connectivity index (χ0v) is 15.2. The average molecular weight is 362 g/mol. The zero-order chi connectivity index (χ0) is 19.3. The molecule has 0 saturated heterocycles. The van der Waals surface area contributed by atoms with E-state index in [9.17, 15) is 14.4 Å². The van der Waals surface area contributed by atoms with Crippen LogP contribution in [0.15, 0.2) is 33.6 Å². The fourth-order valence-electron chi connectivity index (χ4n) is 2.04. The summed E-state index contributed by atoms with van der Waals surface area (Å²) < 4.78 is 9.64. The van der Waals surface area contributed by atoms with Crippen molar-refractivity contribution < 1.29 is 18.8 Å². The minimum Gasteiger partial charge on any atom is -0.444 e. The average Bonchev–Trinajstić information content (AvgIpc) is 2.97. The lowest BCUT2D eigenvalue weighted by atomic mass is 10.1. The summed E-state index contributed by atoms with van der Waals surface area (Å²) in [5.41, 5.74) is 0.747. The van der Waals surface area contributed by atoms with E-state index in [-0.39, 0.29) is 18.3 Å². The quantitative estimate of drug-likeness (QED) is 0.835. The van der Waals surface area contributed by atoms with Gasteiger partial charge in [-0.25, -0.2) is 9.59 Å². The number of aromatic nitrogens is 2. The van der Waals surface area contributed by atoms with Crippen molar-refractivity contribution >= 4 is 12.0 Å². The maximum Gasteiger partial charge on any atom is 0.438 e. The molecule has 0 aliphatic heterocycles. The minimum atomic E-state index is -0.673. The molecule has 2 aromatic rings. The van der Waals surface area contributed by atoms with Crippen molar-refractivity contribution in [3.63, 3.8) is 0 Å². The Bertz CT molecular complexity index is 817. The van der Waals surface area contributed by atoms with E-state index in [2.05, 4.69) is 20.0 Å². The number of carbonyl (C=O) groups is 2. The van der Waals surface area contributed by atoms with Gasteiger partial charge in [0.15, 0.2) is 5.82 Å². The van der Waals surface area contributed by atoms with Crippen LogP contribution in [0.4, 0.5) is 4.79 Å². The standard InChI is InChI=1S/C17H22N4O5/c1-17(2,3)25-16(24)21(4)10-11-5-7-12(8-6-11)14(22)18-9-13-19-15(23)26-20-13/h5-8H,9-10H2,1-4H3,(H,18,22)(H,19,20,23). The Labute approximate surface area is 150 Å². The van der Waals surface area contributed by atoms with E-state index in [1.165, 1.54) is 4.90 Å². The lowest BCUT2D eigenvalue weighted by molar-refractivity contribution is 0.0285. The van der Waals surface area contributed by atoms with Crippen molar-refractivity contribution in [2.24, 2.45) is 0 Å². The molecule has 0 fully saturated rings. The molecule has 2 N–H and O–H groups in total. The molecule has 140 valence electrons. The third-order valence-electron chi connectivity index (χ3n) is 3.24. The van der Waals surface area contributed by atoms with Gasteiger partial charge in [0.2, 0.25) is 0 Å². The molecular formula is C17H22N4O5. The Balaban J connectivity index is 1.89. The molecule has 2 amide bonds. The van der Waals surface area contributed by atoms with Crippen molar-refractivity contribution in [1.82, 2.24) is 20.4 Å². The Morgan fingerprint density at radius 2 is 1.92 bits per heavy atom. The summed E-state index contributed by atoms with van der Waals surface area (Å²) in [6.07, 6.45) is -0.416. The van der Waals surface area contributed by atoms with Crippen LogP contribution in [0, 0.1) is 0 Å². The number of aromatic amines is 1. The van der Waals surface area contributed by atoms with Gasteiger partial charge in [0, 0.05) is 19.2 Å². The number of nitrogens with one attached hydrogen (secondary N) is 2. The number of rotatable bonds is 5. The second-order valence-electron chi connectivity index (χ2n) is 6.76. The number of ether oxygens (including phenoxy) is 1. The second-order valence-corrected chi connectivity index (χ2v) is 6.76. The summed E-state index contributed by atoms with van der Waals surface area (Å²) in [5, 5.41) is 6.08. The van der Waals surface area contributed by atoms with Gasteiger partial charge in [0.25, 0.3) is 5.91 Å². The summed E-state index contributed by atoms with van der Waals surface area (Å²) in [5.74, 6) is -0.757. The lowest BCUT2D eigenvalue weighted by Crippen LogP contribution is -2.33. The monoisotopic (exact) mass is 362 g/mol. The zero-order valence-electron chi connectivity index (χ0n) is 15.2. The molecule has 0 aliphatic rings. The van der Waals surface area contributed by atoms with Crippen LogP contribution in [-0.2, 0) is 17.8 Å². The smallest absolute Gasteiger partial charge is 0.438 e. The first-order chi connectivity index (χ1) is 12.1. The third-order valence-corrected chi connectivity index (χ3v) is 3.24. The van der Waals surface area contributed by atoms with Crippen molar-refractivity contribution in [2.75, 3.05) is 7.05 Å². The van der Waals surface area contributed by atoms with Crippen molar-refractivity contribution in [3.8, 4) is 0 Å². The summed E-state index contributed by atoms with van der Waals surface area (Å²) in [6.45, 7) is 5.83. The molecule has 2 rings (SSSR count). The van der Waals surface area contributed by atoms with E-state index < -0.39 is 17.5 Å². The van der Waals surface area contributed by atoms with E-state index in [1.54, 1.807) is 52.1 Å². The molecule has 0 radical (unpaired) electrons. The number of amides is 2. The number of hydrogen-bond acceptors (Lipinski definition) is 6. The van der Waals surface area contributed by atoms with Gasteiger partial charge in [-0.2, -0.15) is 0 Å². The predicted octanol–water partition coefficient (Wildman–Crippen LogP) is 1.66.